The zero-order valence-corrected chi connectivity index (χ0v) is 11.5. The predicted octanol–water partition coefficient (Wildman–Crippen LogP) is -0.0698. The number of esters is 1. The Hall–Kier alpha value is -2.13. The standard InChI is InChI=1S/C11H13NO7S/c1-6(11(16)19-2)12-20(17,18)7-3-4-9(13)8(5-7)10(14)15/h3-6,12-13H,1-2H3,(H,14,15)/t6-/m0/s1. The summed E-state index contributed by atoms with van der Waals surface area (Å²) >= 11 is 0. The van der Waals surface area contributed by atoms with Crippen LogP contribution in [0.3, 0.4) is 0 Å². The SMILES string of the molecule is COC(=O)[C@H](C)NS(=O)(=O)c1ccc(O)c(C(=O)O)c1. The fraction of sp³-hybridized carbons (Fsp3) is 0.273. The second-order valence-corrected chi connectivity index (χ2v) is 5.56. The summed E-state index contributed by atoms with van der Waals surface area (Å²) in [7, 11) is -3.01. The van der Waals surface area contributed by atoms with E-state index in [2.05, 4.69) is 4.74 Å². The van der Waals surface area contributed by atoms with E-state index in [-0.39, 0.29) is 4.90 Å². The van der Waals surface area contributed by atoms with Gasteiger partial charge in [-0.2, -0.15) is 4.72 Å². The van der Waals surface area contributed by atoms with Gasteiger partial charge in [-0.15, -0.1) is 0 Å². The molecule has 0 radical (unpaired) electrons. The van der Waals surface area contributed by atoms with E-state index >= 15 is 0 Å². The van der Waals surface area contributed by atoms with Crippen LogP contribution in [-0.4, -0.2) is 43.7 Å². The van der Waals surface area contributed by atoms with Crippen LogP contribution < -0.4 is 4.72 Å². The van der Waals surface area contributed by atoms with Crippen molar-refractivity contribution in [3.63, 3.8) is 0 Å². The molecule has 9 heteroatoms. The van der Waals surface area contributed by atoms with E-state index < -0.39 is 39.3 Å². The Balaban J connectivity index is 3.13. The van der Waals surface area contributed by atoms with E-state index in [9.17, 15) is 23.1 Å². The van der Waals surface area contributed by atoms with Crippen molar-refractivity contribution in [2.45, 2.75) is 17.9 Å². The minimum atomic E-state index is -4.11. The van der Waals surface area contributed by atoms with Gasteiger partial charge >= 0.3 is 11.9 Å². The summed E-state index contributed by atoms with van der Waals surface area (Å²) in [6.07, 6.45) is 0. The Labute approximate surface area is 115 Å². The molecule has 1 rings (SSSR count). The Bertz CT molecular complexity index is 638. The average molecular weight is 303 g/mol. The molecule has 0 saturated heterocycles. The number of benzene rings is 1. The highest BCUT2D eigenvalue weighted by atomic mass is 32.2. The van der Waals surface area contributed by atoms with Crippen molar-refractivity contribution < 1.29 is 33.0 Å². The quantitative estimate of drug-likeness (QED) is 0.649. The zero-order valence-electron chi connectivity index (χ0n) is 10.7. The van der Waals surface area contributed by atoms with Crippen LogP contribution in [0, 0.1) is 0 Å². The molecule has 0 aliphatic rings. The molecule has 0 saturated carbocycles. The van der Waals surface area contributed by atoms with E-state index in [1.54, 1.807) is 0 Å². The number of ether oxygens (including phenoxy) is 1. The Kier molecular flexibility index (Phi) is 4.69. The van der Waals surface area contributed by atoms with Crippen molar-refractivity contribution in [1.82, 2.24) is 4.72 Å². The molecule has 1 atom stereocenters. The molecule has 8 nitrogen and oxygen atoms in total. The molecular weight excluding hydrogens is 290 g/mol. The number of carboxylic acid groups (broad SMARTS) is 1. The van der Waals surface area contributed by atoms with E-state index in [1.165, 1.54) is 6.92 Å². The van der Waals surface area contributed by atoms with Gasteiger partial charge in [-0.3, -0.25) is 4.79 Å². The Morgan fingerprint density at radius 3 is 2.45 bits per heavy atom. The molecule has 0 fully saturated rings. The third-order valence-corrected chi connectivity index (χ3v) is 3.93. The zero-order chi connectivity index (χ0) is 15.5. The van der Waals surface area contributed by atoms with Gasteiger partial charge in [0, 0.05) is 0 Å². The van der Waals surface area contributed by atoms with Crippen LogP contribution >= 0.6 is 0 Å². The number of carbonyl (C=O) groups is 2. The van der Waals surface area contributed by atoms with Gasteiger partial charge in [-0.05, 0) is 25.1 Å². The lowest BCUT2D eigenvalue weighted by Gasteiger charge is -2.12. The summed E-state index contributed by atoms with van der Waals surface area (Å²) < 4.78 is 30.3. The third kappa shape index (κ3) is 3.45. The fourth-order valence-corrected chi connectivity index (χ4v) is 2.60. The van der Waals surface area contributed by atoms with Crippen LogP contribution in [0.2, 0.25) is 0 Å². The number of aromatic carboxylic acids is 1. The molecule has 20 heavy (non-hydrogen) atoms. The largest absolute Gasteiger partial charge is 0.507 e. The number of aromatic hydroxyl groups is 1. The van der Waals surface area contributed by atoms with E-state index in [0.29, 0.717) is 0 Å². The van der Waals surface area contributed by atoms with Gasteiger partial charge in [-0.25, -0.2) is 13.2 Å². The van der Waals surface area contributed by atoms with Crippen molar-refractivity contribution in [2.75, 3.05) is 7.11 Å². The average Bonchev–Trinajstić information content (AvgIpc) is 2.36. The van der Waals surface area contributed by atoms with Gasteiger partial charge in [0.05, 0.1) is 12.0 Å². The molecule has 0 amide bonds. The lowest BCUT2D eigenvalue weighted by molar-refractivity contribution is -0.142. The summed E-state index contributed by atoms with van der Waals surface area (Å²) in [6.45, 7) is 1.28. The number of sulfonamides is 1. The number of methoxy groups -OCH3 is 1. The molecule has 0 aliphatic carbocycles. The second-order valence-electron chi connectivity index (χ2n) is 3.85. The summed E-state index contributed by atoms with van der Waals surface area (Å²) in [5.41, 5.74) is -0.557. The molecule has 0 spiro atoms. The lowest BCUT2D eigenvalue weighted by Crippen LogP contribution is -2.39. The predicted molar refractivity (Wildman–Crippen MR) is 66.9 cm³/mol. The highest BCUT2D eigenvalue weighted by Gasteiger charge is 2.24. The highest BCUT2D eigenvalue weighted by Crippen LogP contribution is 2.21. The van der Waals surface area contributed by atoms with Crippen molar-refractivity contribution in [2.24, 2.45) is 0 Å². The molecule has 1 aromatic rings. The lowest BCUT2D eigenvalue weighted by atomic mass is 10.2. The van der Waals surface area contributed by atoms with E-state index in [1.807, 2.05) is 4.72 Å². The molecule has 0 unspecified atom stereocenters. The Morgan fingerprint density at radius 2 is 1.95 bits per heavy atom. The number of hydrogen-bond acceptors (Lipinski definition) is 6. The Morgan fingerprint density at radius 1 is 1.35 bits per heavy atom. The first kappa shape index (κ1) is 15.9. The molecular formula is C11H13NO7S. The maximum absolute atomic E-state index is 12.0. The van der Waals surface area contributed by atoms with Gasteiger partial charge in [0.1, 0.15) is 17.4 Å². The summed E-state index contributed by atoms with van der Waals surface area (Å²) in [5.74, 6) is -2.82. The topological polar surface area (TPSA) is 130 Å². The summed E-state index contributed by atoms with van der Waals surface area (Å²) in [4.78, 5) is 21.6. The molecule has 110 valence electrons. The van der Waals surface area contributed by atoms with Crippen LogP contribution in [0.5, 0.6) is 5.75 Å². The van der Waals surface area contributed by atoms with Crippen LogP contribution in [0.4, 0.5) is 0 Å². The molecule has 0 aliphatic heterocycles. The minimum absolute atomic E-state index is 0.386. The minimum Gasteiger partial charge on any atom is -0.507 e. The first-order valence-corrected chi connectivity index (χ1v) is 6.84. The van der Waals surface area contributed by atoms with Crippen molar-refractivity contribution in [3.8, 4) is 5.75 Å². The maximum atomic E-state index is 12.0. The highest BCUT2D eigenvalue weighted by molar-refractivity contribution is 7.89. The van der Waals surface area contributed by atoms with E-state index in [4.69, 9.17) is 5.11 Å². The molecule has 3 N–H and O–H groups in total. The van der Waals surface area contributed by atoms with Gasteiger partial charge in [0.2, 0.25) is 10.0 Å². The van der Waals surface area contributed by atoms with Gasteiger partial charge < -0.3 is 14.9 Å². The summed E-state index contributed by atoms with van der Waals surface area (Å²) in [5, 5.41) is 18.1. The van der Waals surface area contributed by atoms with Crippen molar-refractivity contribution in [1.29, 1.82) is 0 Å². The van der Waals surface area contributed by atoms with Crippen LogP contribution in [0.15, 0.2) is 23.1 Å². The van der Waals surface area contributed by atoms with Crippen molar-refractivity contribution >= 4 is 22.0 Å². The number of carbonyl (C=O) groups excluding carboxylic acids is 1. The van der Waals surface area contributed by atoms with Crippen LogP contribution in [0.25, 0.3) is 0 Å². The number of rotatable bonds is 5. The fourth-order valence-electron chi connectivity index (χ4n) is 1.38. The third-order valence-electron chi connectivity index (χ3n) is 2.40. The second kappa shape index (κ2) is 5.88. The van der Waals surface area contributed by atoms with Crippen LogP contribution in [0.1, 0.15) is 17.3 Å². The number of phenols is 1. The monoisotopic (exact) mass is 303 g/mol. The molecule has 0 aromatic heterocycles. The normalized spacial score (nSPS) is 12.7. The number of hydrogen-bond donors (Lipinski definition) is 3. The number of carboxylic acids is 1. The van der Waals surface area contributed by atoms with Gasteiger partial charge in [0.25, 0.3) is 0 Å². The number of nitrogens with one attached hydrogen (secondary N) is 1. The summed E-state index contributed by atoms with van der Waals surface area (Å²) in [6, 6.07) is 1.63. The smallest absolute Gasteiger partial charge is 0.339 e. The van der Waals surface area contributed by atoms with Gasteiger partial charge in [0.15, 0.2) is 0 Å². The molecule has 0 bridgehead atoms. The first-order valence-electron chi connectivity index (χ1n) is 5.35. The van der Waals surface area contributed by atoms with Crippen LogP contribution in [-0.2, 0) is 19.6 Å². The van der Waals surface area contributed by atoms with Gasteiger partial charge in [-0.1, -0.05) is 0 Å². The molecule has 1 aromatic carbocycles. The maximum Gasteiger partial charge on any atom is 0.339 e. The molecule has 0 heterocycles. The first-order chi connectivity index (χ1) is 9.19. The van der Waals surface area contributed by atoms with E-state index in [0.717, 1.165) is 25.3 Å². The van der Waals surface area contributed by atoms with Crippen molar-refractivity contribution in [3.05, 3.63) is 23.8 Å².